The van der Waals surface area contributed by atoms with Crippen LogP contribution in [0.1, 0.15) is 11.5 Å². The Kier molecular flexibility index (Phi) is 2.48. The van der Waals surface area contributed by atoms with Crippen molar-refractivity contribution in [2.75, 3.05) is 0 Å². The summed E-state index contributed by atoms with van der Waals surface area (Å²) in [5.41, 5.74) is 3.47. The minimum atomic E-state index is -0.0324. The maximum Gasteiger partial charge on any atom is 0.250 e. The van der Waals surface area contributed by atoms with Crippen LogP contribution >= 0.6 is 0 Å². The molecule has 3 heterocycles. The van der Waals surface area contributed by atoms with Gasteiger partial charge in [-0.2, -0.15) is 0 Å². The van der Waals surface area contributed by atoms with E-state index in [1.807, 2.05) is 30.5 Å². The lowest BCUT2D eigenvalue weighted by molar-refractivity contribution is 0.839. The Morgan fingerprint density at radius 3 is 2.58 bits per heavy atom. The molecule has 0 aliphatic carbocycles. The van der Waals surface area contributed by atoms with Crippen LogP contribution in [-0.2, 0) is 7.05 Å². The number of hydrogen-bond acceptors (Lipinski definition) is 3. The summed E-state index contributed by atoms with van der Waals surface area (Å²) in [7, 11) is 1.74. The molecular weight excluding hydrogens is 240 g/mol. The zero-order valence-corrected chi connectivity index (χ0v) is 11.1. The van der Waals surface area contributed by atoms with Crippen molar-refractivity contribution in [3.8, 4) is 5.69 Å². The van der Waals surface area contributed by atoms with Crippen LogP contribution in [-0.4, -0.2) is 19.1 Å². The molecule has 5 heteroatoms. The molecule has 0 unspecified atom stereocenters. The van der Waals surface area contributed by atoms with Crippen molar-refractivity contribution in [2.24, 2.45) is 7.05 Å². The molecule has 0 aliphatic rings. The van der Waals surface area contributed by atoms with E-state index < -0.39 is 0 Å². The van der Waals surface area contributed by atoms with Gasteiger partial charge in [0.2, 0.25) is 5.56 Å². The second kappa shape index (κ2) is 4.05. The molecule has 3 aromatic rings. The number of imidazole rings is 1. The summed E-state index contributed by atoms with van der Waals surface area (Å²) in [6.07, 6.45) is 1.79. The van der Waals surface area contributed by atoms with Crippen LogP contribution in [0, 0.1) is 13.8 Å². The van der Waals surface area contributed by atoms with Crippen LogP contribution in [0.3, 0.4) is 0 Å². The monoisotopic (exact) mass is 254 g/mol. The topological polar surface area (TPSA) is 52.7 Å². The second-order valence-electron chi connectivity index (χ2n) is 4.63. The van der Waals surface area contributed by atoms with Crippen LogP contribution in [0.25, 0.3) is 16.9 Å². The van der Waals surface area contributed by atoms with Crippen LogP contribution in [0.2, 0.25) is 0 Å². The van der Waals surface area contributed by atoms with Crippen molar-refractivity contribution in [1.29, 1.82) is 0 Å². The van der Waals surface area contributed by atoms with Crippen molar-refractivity contribution in [1.82, 2.24) is 19.1 Å². The Balaban J connectivity index is 2.34. The number of hydrogen-bond donors (Lipinski definition) is 0. The fraction of sp³-hybridized carbons (Fsp3) is 0.214. The number of fused-ring (bicyclic) bond motifs is 1. The SMILES string of the molecule is Cc1ccc2nc(C)n(-c3ccc(=O)n(C)c3)c2n1. The standard InChI is InChI=1S/C14H14N4O/c1-9-4-6-12-14(15-9)18(10(2)16-12)11-5-7-13(19)17(3)8-11/h4-8H,1-3H3. The van der Waals surface area contributed by atoms with Crippen LogP contribution in [0.4, 0.5) is 0 Å². The van der Waals surface area contributed by atoms with Gasteiger partial charge in [0.25, 0.3) is 0 Å². The molecule has 0 saturated carbocycles. The highest BCUT2D eigenvalue weighted by Gasteiger charge is 2.11. The maximum atomic E-state index is 11.5. The van der Waals surface area contributed by atoms with Crippen LogP contribution in [0.5, 0.6) is 0 Å². The molecule has 0 bridgehead atoms. The molecule has 0 aromatic carbocycles. The molecule has 3 aromatic heterocycles. The number of nitrogens with zero attached hydrogens (tertiary/aromatic N) is 4. The average Bonchev–Trinajstić information content (AvgIpc) is 2.68. The van der Waals surface area contributed by atoms with E-state index in [-0.39, 0.29) is 5.56 Å². The number of rotatable bonds is 1. The smallest absolute Gasteiger partial charge is 0.250 e. The third kappa shape index (κ3) is 1.83. The summed E-state index contributed by atoms with van der Waals surface area (Å²) < 4.78 is 3.51. The Bertz CT molecular complexity index is 829. The lowest BCUT2D eigenvalue weighted by atomic mass is 10.3. The van der Waals surface area contributed by atoms with Gasteiger partial charge in [-0.15, -0.1) is 0 Å². The van der Waals surface area contributed by atoms with Crippen molar-refractivity contribution in [2.45, 2.75) is 13.8 Å². The largest absolute Gasteiger partial charge is 0.316 e. The lowest BCUT2D eigenvalue weighted by Gasteiger charge is -2.07. The van der Waals surface area contributed by atoms with Crippen LogP contribution < -0.4 is 5.56 Å². The van der Waals surface area contributed by atoms with E-state index in [1.54, 1.807) is 29.9 Å². The Morgan fingerprint density at radius 2 is 1.84 bits per heavy atom. The van der Waals surface area contributed by atoms with Gasteiger partial charge >= 0.3 is 0 Å². The third-order valence-corrected chi connectivity index (χ3v) is 3.14. The number of aromatic nitrogens is 4. The van der Waals surface area contributed by atoms with Gasteiger partial charge in [0.1, 0.15) is 11.3 Å². The molecule has 0 radical (unpaired) electrons. The maximum absolute atomic E-state index is 11.5. The van der Waals surface area contributed by atoms with Crippen molar-refractivity contribution < 1.29 is 0 Å². The summed E-state index contributed by atoms with van der Waals surface area (Å²) in [5.74, 6) is 0.853. The summed E-state index contributed by atoms with van der Waals surface area (Å²) in [5, 5.41) is 0. The molecule has 0 amide bonds. The van der Waals surface area contributed by atoms with Gasteiger partial charge < -0.3 is 4.57 Å². The van der Waals surface area contributed by atoms with E-state index >= 15 is 0 Å². The van der Waals surface area contributed by atoms with E-state index in [1.165, 1.54) is 0 Å². The Hall–Kier alpha value is -2.43. The molecule has 0 fully saturated rings. The first kappa shape index (κ1) is 11.6. The van der Waals surface area contributed by atoms with Gasteiger partial charge in [-0.3, -0.25) is 9.36 Å². The average molecular weight is 254 g/mol. The van der Waals surface area contributed by atoms with Crippen molar-refractivity contribution in [3.63, 3.8) is 0 Å². The highest BCUT2D eigenvalue weighted by molar-refractivity contribution is 5.74. The summed E-state index contributed by atoms with van der Waals surface area (Å²) in [6, 6.07) is 7.25. The zero-order chi connectivity index (χ0) is 13.6. The minimum Gasteiger partial charge on any atom is -0.316 e. The molecule has 0 aliphatic heterocycles. The molecule has 5 nitrogen and oxygen atoms in total. The Morgan fingerprint density at radius 1 is 1.05 bits per heavy atom. The van der Waals surface area contributed by atoms with Gasteiger partial charge in [-0.05, 0) is 32.0 Å². The van der Waals surface area contributed by atoms with Gasteiger partial charge in [0.15, 0.2) is 5.65 Å². The summed E-state index contributed by atoms with van der Waals surface area (Å²) >= 11 is 0. The Labute approximate surface area is 110 Å². The lowest BCUT2D eigenvalue weighted by Crippen LogP contribution is -2.15. The highest BCUT2D eigenvalue weighted by Crippen LogP contribution is 2.19. The number of pyridine rings is 2. The minimum absolute atomic E-state index is 0.0324. The molecular formula is C14H14N4O. The molecule has 0 atom stereocenters. The van der Waals surface area contributed by atoms with E-state index in [9.17, 15) is 4.79 Å². The molecule has 0 saturated heterocycles. The summed E-state index contributed by atoms with van der Waals surface area (Å²) in [6.45, 7) is 3.88. The van der Waals surface area contributed by atoms with E-state index in [0.717, 1.165) is 28.4 Å². The van der Waals surface area contributed by atoms with Crippen LogP contribution in [0.15, 0.2) is 35.3 Å². The van der Waals surface area contributed by atoms with E-state index in [2.05, 4.69) is 9.97 Å². The first-order valence-corrected chi connectivity index (χ1v) is 6.06. The van der Waals surface area contributed by atoms with Gasteiger partial charge in [-0.25, -0.2) is 9.97 Å². The molecule has 3 rings (SSSR count). The van der Waals surface area contributed by atoms with E-state index in [4.69, 9.17) is 0 Å². The quantitative estimate of drug-likeness (QED) is 0.664. The normalized spacial score (nSPS) is 11.1. The fourth-order valence-corrected chi connectivity index (χ4v) is 2.19. The predicted octanol–water partition coefficient (Wildman–Crippen LogP) is 1.74. The van der Waals surface area contributed by atoms with Gasteiger partial charge in [0.05, 0.1) is 5.69 Å². The number of aryl methyl sites for hydroxylation is 3. The summed E-state index contributed by atoms with van der Waals surface area (Å²) in [4.78, 5) is 20.5. The highest BCUT2D eigenvalue weighted by atomic mass is 16.1. The first-order valence-electron chi connectivity index (χ1n) is 6.06. The van der Waals surface area contributed by atoms with E-state index in [0.29, 0.717) is 0 Å². The fourth-order valence-electron chi connectivity index (χ4n) is 2.19. The van der Waals surface area contributed by atoms with Crippen molar-refractivity contribution >= 4 is 11.2 Å². The zero-order valence-electron chi connectivity index (χ0n) is 11.1. The first-order chi connectivity index (χ1) is 9.06. The second-order valence-corrected chi connectivity index (χ2v) is 4.63. The molecule has 0 spiro atoms. The van der Waals surface area contributed by atoms with Gasteiger partial charge in [0, 0.05) is 25.0 Å². The van der Waals surface area contributed by atoms with Gasteiger partial charge in [-0.1, -0.05) is 0 Å². The third-order valence-electron chi connectivity index (χ3n) is 3.14. The van der Waals surface area contributed by atoms with Crippen molar-refractivity contribution in [3.05, 3.63) is 52.3 Å². The predicted molar refractivity (Wildman–Crippen MR) is 73.6 cm³/mol. The molecule has 0 N–H and O–H groups in total. The molecule has 19 heavy (non-hydrogen) atoms. The molecule has 96 valence electrons.